The standard InChI is InChI=1S/C22H26N4O2/c27-21(19-6-2-1-3-7-19)25-13-20-14-28-10-9-26(20)22(17-25)15-24(16-22)12-18-5-4-8-23-11-18/h1-8,11,20H,9-10,12-17H2/t20-/m1/s1. The molecule has 1 aromatic heterocycles. The lowest BCUT2D eigenvalue weighted by Crippen LogP contribution is -2.80. The zero-order valence-electron chi connectivity index (χ0n) is 16.0. The number of hydrogen-bond acceptors (Lipinski definition) is 5. The number of rotatable bonds is 3. The number of likely N-dealkylation sites (tertiary alicyclic amines) is 1. The smallest absolute Gasteiger partial charge is 0.253 e. The van der Waals surface area contributed by atoms with Gasteiger partial charge in [-0.15, -0.1) is 0 Å². The van der Waals surface area contributed by atoms with E-state index in [1.807, 2.05) is 53.7 Å². The average molecular weight is 378 g/mol. The van der Waals surface area contributed by atoms with Crippen molar-refractivity contribution in [1.82, 2.24) is 19.7 Å². The molecule has 0 unspecified atom stereocenters. The van der Waals surface area contributed by atoms with Crippen LogP contribution in [-0.4, -0.2) is 83.1 Å². The highest BCUT2D eigenvalue weighted by Gasteiger charge is 2.54. The monoisotopic (exact) mass is 378 g/mol. The van der Waals surface area contributed by atoms with Gasteiger partial charge in [-0.05, 0) is 23.8 Å². The van der Waals surface area contributed by atoms with E-state index in [4.69, 9.17) is 4.74 Å². The molecule has 0 aliphatic carbocycles. The lowest BCUT2D eigenvalue weighted by Gasteiger charge is -2.63. The third kappa shape index (κ3) is 3.21. The van der Waals surface area contributed by atoms with Crippen molar-refractivity contribution in [3.63, 3.8) is 0 Å². The average Bonchev–Trinajstić information content (AvgIpc) is 2.73. The Hall–Kier alpha value is -2.28. The molecule has 146 valence electrons. The maximum Gasteiger partial charge on any atom is 0.253 e. The van der Waals surface area contributed by atoms with Crippen LogP contribution < -0.4 is 0 Å². The summed E-state index contributed by atoms with van der Waals surface area (Å²) in [5.74, 6) is 0.135. The van der Waals surface area contributed by atoms with Gasteiger partial charge in [0.25, 0.3) is 5.91 Å². The van der Waals surface area contributed by atoms with Crippen molar-refractivity contribution in [3.05, 3.63) is 66.0 Å². The van der Waals surface area contributed by atoms with Gasteiger partial charge < -0.3 is 9.64 Å². The Bertz CT molecular complexity index is 823. The summed E-state index contributed by atoms with van der Waals surface area (Å²) in [4.78, 5) is 24.5. The third-order valence-electron chi connectivity index (χ3n) is 6.23. The van der Waals surface area contributed by atoms with Crippen molar-refractivity contribution < 1.29 is 9.53 Å². The first-order valence-electron chi connectivity index (χ1n) is 10.0. The molecule has 5 rings (SSSR count). The summed E-state index contributed by atoms with van der Waals surface area (Å²) in [5.41, 5.74) is 2.05. The molecule has 28 heavy (non-hydrogen) atoms. The van der Waals surface area contributed by atoms with Gasteiger partial charge in [-0.3, -0.25) is 19.6 Å². The molecule has 2 aromatic rings. The van der Waals surface area contributed by atoms with Crippen LogP contribution >= 0.6 is 0 Å². The molecule has 1 spiro atoms. The van der Waals surface area contributed by atoms with E-state index in [9.17, 15) is 4.79 Å². The summed E-state index contributed by atoms with van der Waals surface area (Å²) in [6.45, 7) is 6.87. The molecule has 6 nitrogen and oxygen atoms in total. The molecule has 0 bridgehead atoms. The molecular formula is C22H26N4O2. The first-order valence-corrected chi connectivity index (χ1v) is 10.0. The number of pyridine rings is 1. The fraction of sp³-hybridized carbons (Fsp3) is 0.455. The fourth-order valence-corrected chi connectivity index (χ4v) is 5.04. The second-order valence-corrected chi connectivity index (χ2v) is 8.20. The summed E-state index contributed by atoms with van der Waals surface area (Å²) in [6, 6.07) is 14.0. The first-order chi connectivity index (χ1) is 13.7. The molecule has 3 aliphatic rings. The van der Waals surface area contributed by atoms with Gasteiger partial charge in [-0.2, -0.15) is 0 Å². The van der Waals surface area contributed by atoms with Crippen molar-refractivity contribution in [2.75, 3.05) is 45.9 Å². The maximum atomic E-state index is 13.1. The van der Waals surface area contributed by atoms with E-state index in [2.05, 4.69) is 20.9 Å². The Labute approximate surface area is 165 Å². The van der Waals surface area contributed by atoms with Gasteiger partial charge in [0.05, 0.1) is 24.8 Å². The van der Waals surface area contributed by atoms with Gasteiger partial charge in [-0.1, -0.05) is 24.3 Å². The van der Waals surface area contributed by atoms with Crippen molar-refractivity contribution in [3.8, 4) is 0 Å². The van der Waals surface area contributed by atoms with E-state index in [1.165, 1.54) is 5.56 Å². The SMILES string of the molecule is O=C(c1ccccc1)N1C[C@@H]2COCCN2C2(CN(Cc3cccnc3)C2)C1. The zero-order valence-corrected chi connectivity index (χ0v) is 16.0. The van der Waals surface area contributed by atoms with Gasteiger partial charge in [-0.25, -0.2) is 0 Å². The van der Waals surface area contributed by atoms with Crippen molar-refractivity contribution in [2.45, 2.75) is 18.1 Å². The molecule has 3 fully saturated rings. The van der Waals surface area contributed by atoms with Crippen LogP contribution in [0, 0.1) is 0 Å². The minimum atomic E-state index is 0.0410. The van der Waals surface area contributed by atoms with E-state index in [-0.39, 0.29) is 17.5 Å². The molecule has 1 atom stereocenters. The Morgan fingerprint density at radius 3 is 2.79 bits per heavy atom. The quantitative estimate of drug-likeness (QED) is 0.810. The van der Waals surface area contributed by atoms with Gasteiger partial charge in [0.1, 0.15) is 0 Å². The lowest BCUT2D eigenvalue weighted by molar-refractivity contribution is -0.160. The van der Waals surface area contributed by atoms with Crippen LogP contribution in [0.4, 0.5) is 0 Å². The Kier molecular flexibility index (Phi) is 4.62. The van der Waals surface area contributed by atoms with Gasteiger partial charge in [0.2, 0.25) is 0 Å². The molecule has 0 radical (unpaired) electrons. The number of ether oxygens (including phenoxy) is 1. The molecule has 3 aliphatic heterocycles. The Morgan fingerprint density at radius 1 is 1.14 bits per heavy atom. The number of carbonyl (C=O) groups excluding carboxylic acids is 1. The van der Waals surface area contributed by atoms with Gasteiger partial charge in [0, 0.05) is 57.2 Å². The van der Waals surface area contributed by atoms with Gasteiger partial charge in [0.15, 0.2) is 0 Å². The van der Waals surface area contributed by atoms with E-state index in [0.717, 1.165) is 51.4 Å². The van der Waals surface area contributed by atoms with Crippen LogP contribution in [0.5, 0.6) is 0 Å². The number of nitrogens with zero attached hydrogens (tertiary/aromatic N) is 4. The number of carbonyl (C=O) groups is 1. The predicted octanol–water partition coefficient (Wildman–Crippen LogP) is 1.49. The minimum absolute atomic E-state index is 0.0410. The maximum absolute atomic E-state index is 13.1. The highest BCUT2D eigenvalue weighted by molar-refractivity contribution is 5.94. The molecule has 3 saturated heterocycles. The van der Waals surface area contributed by atoms with E-state index < -0.39 is 0 Å². The molecule has 6 heteroatoms. The number of morpholine rings is 1. The number of amides is 1. The Morgan fingerprint density at radius 2 is 2.00 bits per heavy atom. The van der Waals surface area contributed by atoms with Crippen LogP contribution in [0.15, 0.2) is 54.9 Å². The normalized spacial score (nSPS) is 24.6. The summed E-state index contributed by atoms with van der Waals surface area (Å²) < 4.78 is 5.76. The van der Waals surface area contributed by atoms with E-state index in [1.54, 1.807) is 0 Å². The predicted molar refractivity (Wildman–Crippen MR) is 106 cm³/mol. The fourth-order valence-electron chi connectivity index (χ4n) is 5.04. The minimum Gasteiger partial charge on any atom is -0.378 e. The summed E-state index contributed by atoms with van der Waals surface area (Å²) in [6.07, 6.45) is 3.75. The second-order valence-electron chi connectivity index (χ2n) is 8.20. The molecule has 4 heterocycles. The highest BCUT2D eigenvalue weighted by atomic mass is 16.5. The number of piperazine rings is 1. The number of fused-ring (bicyclic) bond motifs is 2. The van der Waals surface area contributed by atoms with Crippen LogP contribution in [0.25, 0.3) is 0 Å². The van der Waals surface area contributed by atoms with Crippen molar-refractivity contribution >= 4 is 5.91 Å². The lowest BCUT2D eigenvalue weighted by atomic mass is 9.82. The van der Waals surface area contributed by atoms with Crippen LogP contribution in [0.2, 0.25) is 0 Å². The highest BCUT2D eigenvalue weighted by Crippen LogP contribution is 2.36. The Balaban J connectivity index is 1.33. The number of aromatic nitrogens is 1. The molecule has 1 aromatic carbocycles. The van der Waals surface area contributed by atoms with E-state index in [0.29, 0.717) is 6.61 Å². The number of benzene rings is 1. The molecule has 0 N–H and O–H groups in total. The summed E-state index contributed by atoms with van der Waals surface area (Å²) >= 11 is 0. The summed E-state index contributed by atoms with van der Waals surface area (Å²) in [7, 11) is 0. The molecule has 0 saturated carbocycles. The largest absolute Gasteiger partial charge is 0.378 e. The second kappa shape index (κ2) is 7.28. The topological polar surface area (TPSA) is 48.9 Å². The van der Waals surface area contributed by atoms with E-state index >= 15 is 0 Å². The zero-order chi connectivity index (χ0) is 19.0. The van der Waals surface area contributed by atoms with Gasteiger partial charge >= 0.3 is 0 Å². The number of hydrogen-bond donors (Lipinski definition) is 0. The van der Waals surface area contributed by atoms with Crippen molar-refractivity contribution in [2.24, 2.45) is 0 Å². The van der Waals surface area contributed by atoms with Crippen LogP contribution in [0.1, 0.15) is 15.9 Å². The molecular weight excluding hydrogens is 352 g/mol. The summed E-state index contributed by atoms with van der Waals surface area (Å²) in [5, 5.41) is 0. The molecule has 1 amide bonds. The van der Waals surface area contributed by atoms with Crippen molar-refractivity contribution in [1.29, 1.82) is 0 Å². The first kappa shape index (κ1) is 17.8. The third-order valence-corrected chi connectivity index (χ3v) is 6.23. The van der Waals surface area contributed by atoms with Crippen LogP contribution in [0.3, 0.4) is 0 Å². The van der Waals surface area contributed by atoms with Crippen LogP contribution in [-0.2, 0) is 11.3 Å².